The number of carbonyl (C=O) groups excluding carboxylic acids is 1. The van der Waals surface area contributed by atoms with Gasteiger partial charge in [-0.3, -0.25) is 16.1 Å². The third-order valence-electron chi connectivity index (χ3n) is 1.60. The van der Waals surface area contributed by atoms with Crippen molar-refractivity contribution in [1.82, 2.24) is 5.43 Å². The van der Waals surface area contributed by atoms with Gasteiger partial charge in [-0.1, -0.05) is 0 Å². The summed E-state index contributed by atoms with van der Waals surface area (Å²) in [5.74, 6) is 4.15. The number of carbonyl (C=O) groups is 1. The smallest absolute Gasteiger partial charge is 0.350 e. The molecule has 0 aromatic carbocycles. The van der Waals surface area contributed by atoms with E-state index in [-0.39, 0.29) is 23.6 Å². The second-order valence-electron chi connectivity index (χ2n) is 2.71. The van der Waals surface area contributed by atoms with Crippen molar-refractivity contribution >= 4 is 5.78 Å². The number of hydrogen-bond donors (Lipinski definition) is 3. The van der Waals surface area contributed by atoms with Crippen LogP contribution in [0.4, 0.5) is 0 Å². The van der Waals surface area contributed by atoms with E-state index in [4.69, 9.17) is 5.84 Å². The first-order chi connectivity index (χ1) is 6.56. The number of ketones is 1. The van der Waals surface area contributed by atoms with Crippen LogP contribution in [0.1, 0.15) is 16.1 Å². The van der Waals surface area contributed by atoms with E-state index >= 15 is 0 Å². The highest BCUT2D eigenvalue weighted by molar-refractivity contribution is 5.99. The van der Waals surface area contributed by atoms with Gasteiger partial charge in [0.15, 0.2) is 5.78 Å². The molecule has 0 amide bonds. The Labute approximate surface area is 79.3 Å². The lowest BCUT2D eigenvalue weighted by atomic mass is 10.1. The van der Waals surface area contributed by atoms with Gasteiger partial charge in [0.05, 0.1) is 6.54 Å². The lowest BCUT2D eigenvalue weighted by Crippen LogP contribution is -2.31. The molecular weight excluding hydrogens is 188 g/mol. The van der Waals surface area contributed by atoms with Crippen LogP contribution >= 0.6 is 0 Å². The number of nitrogens with one attached hydrogen (secondary N) is 1. The fourth-order valence-electron chi connectivity index (χ4n) is 1.03. The van der Waals surface area contributed by atoms with Gasteiger partial charge >= 0.3 is 5.63 Å². The van der Waals surface area contributed by atoms with Gasteiger partial charge in [0, 0.05) is 6.07 Å². The van der Waals surface area contributed by atoms with Crippen molar-refractivity contribution in [3.8, 4) is 5.75 Å². The molecule has 0 radical (unpaired) electrons. The van der Waals surface area contributed by atoms with Crippen molar-refractivity contribution in [3.05, 3.63) is 27.8 Å². The summed E-state index contributed by atoms with van der Waals surface area (Å²) in [5, 5.41) is 9.32. The predicted octanol–water partition coefficient (Wildman–Crippen LogP) is -0.700. The zero-order valence-corrected chi connectivity index (χ0v) is 7.53. The Kier molecular flexibility index (Phi) is 3.00. The van der Waals surface area contributed by atoms with Gasteiger partial charge in [0.25, 0.3) is 0 Å². The predicted molar refractivity (Wildman–Crippen MR) is 47.9 cm³/mol. The average molecular weight is 198 g/mol. The molecule has 6 heteroatoms. The van der Waals surface area contributed by atoms with Crippen molar-refractivity contribution < 1.29 is 14.3 Å². The van der Waals surface area contributed by atoms with Crippen molar-refractivity contribution in [2.24, 2.45) is 5.84 Å². The normalized spacial score (nSPS) is 10.1. The van der Waals surface area contributed by atoms with Gasteiger partial charge in [-0.2, -0.15) is 0 Å². The number of nitrogens with two attached hydrogens (primary N) is 1. The van der Waals surface area contributed by atoms with Crippen LogP contribution in [0.25, 0.3) is 0 Å². The fourth-order valence-corrected chi connectivity index (χ4v) is 1.03. The third-order valence-corrected chi connectivity index (χ3v) is 1.60. The van der Waals surface area contributed by atoms with E-state index < -0.39 is 11.4 Å². The molecule has 0 saturated carbocycles. The Morgan fingerprint density at radius 2 is 2.36 bits per heavy atom. The van der Waals surface area contributed by atoms with Gasteiger partial charge in [-0.15, -0.1) is 0 Å². The summed E-state index contributed by atoms with van der Waals surface area (Å²) in [5.41, 5.74) is 0.854. The molecule has 0 spiro atoms. The fraction of sp³-hybridized carbons (Fsp3) is 0.250. The zero-order valence-electron chi connectivity index (χ0n) is 7.53. The van der Waals surface area contributed by atoms with E-state index in [0.717, 1.165) is 0 Å². The van der Waals surface area contributed by atoms with Crippen molar-refractivity contribution in [2.45, 2.75) is 6.92 Å². The molecule has 0 bridgehead atoms. The maximum Gasteiger partial charge on any atom is 0.350 e. The Hall–Kier alpha value is -1.66. The Morgan fingerprint density at radius 1 is 1.71 bits per heavy atom. The van der Waals surface area contributed by atoms with Crippen LogP contribution in [-0.2, 0) is 0 Å². The minimum absolute atomic E-state index is 0.235. The molecular formula is C8H10N2O4. The summed E-state index contributed by atoms with van der Waals surface area (Å²) in [6.45, 7) is 1.26. The molecule has 1 rings (SSSR count). The SMILES string of the molecule is Cc1cc(O)c(C(=O)CNN)c(=O)o1. The molecule has 1 aromatic heterocycles. The molecule has 1 aromatic rings. The minimum atomic E-state index is -0.859. The van der Waals surface area contributed by atoms with Crippen LogP contribution in [0, 0.1) is 6.92 Å². The first-order valence-electron chi connectivity index (χ1n) is 3.86. The van der Waals surface area contributed by atoms with Crippen LogP contribution in [0.3, 0.4) is 0 Å². The van der Waals surface area contributed by atoms with Gasteiger partial charge in [-0.05, 0) is 6.92 Å². The van der Waals surface area contributed by atoms with E-state index in [9.17, 15) is 14.7 Å². The lowest BCUT2D eigenvalue weighted by Gasteiger charge is -2.01. The molecule has 0 aliphatic heterocycles. The summed E-state index contributed by atoms with van der Waals surface area (Å²) >= 11 is 0. The van der Waals surface area contributed by atoms with Crippen molar-refractivity contribution in [3.63, 3.8) is 0 Å². The summed E-state index contributed by atoms with van der Waals surface area (Å²) < 4.78 is 4.65. The first-order valence-corrected chi connectivity index (χ1v) is 3.86. The van der Waals surface area contributed by atoms with Crippen LogP contribution in [-0.4, -0.2) is 17.4 Å². The topological polar surface area (TPSA) is 106 Å². The first kappa shape index (κ1) is 10.4. The quantitative estimate of drug-likeness (QED) is 0.337. The number of aryl methyl sites for hydroxylation is 1. The molecule has 0 atom stereocenters. The number of Topliss-reactive ketones (excluding diaryl/α,β-unsaturated/α-hetero) is 1. The van der Waals surface area contributed by atoms with Gasteiger partial charge < -0.3 is 9.52 Å². The molecule has 0 aliphatic rings. The molecule has 0 saturated heterocycles. The van der Waals surface area contributed by atoms with E-state index in [2.05, 4.69) is 9.84 Å². The standard InChI is InChI=1S/C8H10N2O4/c1-4-2-5(11)7(8(13)14-4)6(12)3-10-9/h2,10-11H,3,9H2,1H3. The summed E-state index contributed by atoms with van der Waals surface area (Å²) in [7, 11) is 0. The third kappa shape index (κ3) is 1.98. The van der Waals surface area contributed by atoms with Crippen molar-refractivity contribution in [1.29, 1.82) is 0 Å². The molecule has 76 valence electrons. The highest BCUT2D eigenvalue weighted by atomic mass is 16.4. The van der Waals surface area contributed by atoms with Crippen LogP contribution in [0.15, 0.2) is 15.3 Å². The largest absolute Gasteiger partial charge is 0.507 e. The molecule has 14 heavy (non-hydrogen) atoms. The van der Waals surface area contributed by atoms with Crippen LogP contribution in [0.5, 0.6) is 5.75 Å². The van der Waals surface area contributed by atoms with E-state index in [0.29, 0.717) is 0 Å². The Bertz CT molecular complexity index is 410. The van der Waals surface area contributed by atoms with Crippen LogP contribution < -0.4 is 16.9 Å². The van der Waals surface area contributed by atoms with E-state index in [1.807, 2.05) is 0 Å². The number of hydrogen-bond acceptors (Lipinski definition) is 6. The van der Waals surface area contributed by atoms with Gasteiger partial charge in [0.2, 0.25) is 0 Å². The van der Waals surface area contributed by atoms with Gasteiger partial charge in [0.1, 0.15) is 17.1 Å². The second-order valence-corrected chi connectivity index (χ2v) is 2.71. The number of hydrazine groups is 1. The highest BCUT2D eigenvalue weighted by Crippen LogP contribution is 2.14. The molecule has 0 aliphatic carbocycles. The Morgan fingerprint density at radius 3 is 2.86 bits per heavy atom. The van der Waals surface area contributed by atoms with E-state index in [1.54, 1.807) is 0 Å². The molecule has 0 fully saturated rings. The maximum absolute atomic E-state index is 11.2. The molecule has 1 heterocycles. The van der Waals surface area contributed by atoms with Crippen LogP contribution in [0.2, 0.25) is 0 Å². The average Bonchev–Trinajstić information content (AvgIpc) is 2.01. The summed E-state index contributed by atoms with van der Waals surface area (Å²) in [6.07, 6.45) is 0. The Balaban J connectivity index is 3.21. The second kappa shape index (κ2) is 4.03. The van der Waals surface area contributed by atoms with Crippen molar-refractivity contribution in [2.75, 3.05) is 6.54 Å². The van der Waals surface area contributed by atoms with Gasteiger partial charge in [-0.25, -0.2) is 4.79 Å². The monoisotopic (exact) mass is 198 g/mol. The maximum atomic E-state index is 11.2. The number of rotatable bonds is 3. The molecule has 0 unspecified atom stereocenters. The minimum Gasteiger partial charge on any atom is -0.507 e. The number of aromatic hydroxyl groups is 1. The molecule has 6 nitrogen and oxygen atoms in total. The molecule has 4 N–H and O–H groups in total. The van der Waals surface area contributed by atoms with E-state index in [1.165, 1.54) is 13.0 Å². The lowest BCUT2D eigenvalue weighted by molar-refractivity contribution is 0.0984. The summed E-state index contributed by atoms with van der Waals surface area (Å²) in [6, 6.07) is 1.20. The highest BCUT2D eigenvalue weighted by Gasteiger charge is 2.17. The zero-order chi connectivity index (χ0) is 10.7. The summed E-state index contributed by atoms with van der Waals surface area (Å²) in [4.78, 5) is 22.4.